The molecule has 1 heterocycles. The Morgan fingerprint density at radius 3 is 2.74 bits per heavy atom. The van der Waals surface area contributed by atoms with Crippen molar-refractivity contribution in [2.45, 2.75) is 57.8 Å². The fourth-order valence-corrected chi connectivity index (χ4v) is 2.61. The van der Waals surface area contributed by atoms with Crippen LogP contribution >= 0.6 is 7.60 Å². The zero-order chi connectivity index (χ0) is 14.3. The van der Waals surface area contributed by atoms with E-state index >= 15 is 0 Å². The lowest BCUT2D eigenvalue weighted by Crippen LogP contribution is -2.34. The Morgan fingerprint density at radius 1 is 1.47 bits per heavy atom. The Labute approximate surface area is 113 Å². The first-order chi connectivity index (χ1) is 8.92. The minimum Gasteiger partial charge on any atom is -0.353 e. The lowest BCUT2D eigenvalue weighted by molar-refractivity contribution is -0.191. The van der Waals surface area contributed by atoms with Crippen molar-refractivity contribution in [2.75, 3.05) is 12.8 Å². The zero-order valence-electron chi connectivity index (χ0n) is 11.3. The fraction of sp³-hybridized carbons (Fsp3) is 0.917. The van der Waals surface area contributed by atoms with E-state index < -0.39 is 31.9 Å². The molecular weight excluding hydrogens is 271 g/mol. The van der Waals surface area contributed by atoms with Crippen molar-refractivity contribution < 1.29 is 28.6 Å². The predicted octanol–water partition coefficient (Wildman–Crippen LogP) is 1.84. The zero-order valence-corrected chi connectivity index (χ0v) is 12.2. The van der Waals surface area contributed by atoms with Crippen LogP contribution in [0.2, 0.25) is 0 Å². The maximum atomic E-state index is 11.9. The average Bonchev–Trinajstić information content (AvgIpc) is 2.33. The molecule has 1 aliphatic rings. The molecule has 1 aliphatic heterocycles. The van der Waals surface area contributed by atoms with E-state index in [-0.39, 0.29) is 0 Å². The van der Waals surface area contributed by atoms with Crippen LogP contribution < -0.4 is 0 Å². The summed E-state index contributed by atoms with van der Waals surface area (Å²) < 4.78 is 21.9. The molecule has 19 heavy (non-hydrogen) atoms. The summed E-state index contributed by atoms with van der Waals surface area (Å²) in [5, 5.41) is 0. The number of hydrogen-bond donors (Lipinski definition) is 2. The third-order valence-corrected chi connectivity index (χ3v) is 3.72. The van der Waals surface area contributed by atoms with Crippen LogP contribution in [0.25, 0.3) is 0 Å². The third-order valence-electron chi connectivity index (χ3n) is 2.99. The topological polar surface area (TPSA) is 93.1 Å². The van der Waals surface area contributed by atoms with Crippen molar-refractivity contribution in [3.63, 3.8) is 0 Å². The van der Waals surface area contributed by atoms with Gasteiger partial charge in [0.1, 0.15) is 12.3 Å². The largest absolute Gasteiger partial charge is 0.353 e. The van der Waals surface area contributed by atoms with Gasteiger partial charge in [-0.05, 0) is 25.7 Å². The summed E-state index contributed by atoms with van der Waals surface area (Å²) in [6.07, 6.45) is 2.91. The van der Waals surface area contributed by atoms with E-state index in [2.05, 4.69) is 0 Å². The number of Topliss-reactive ketones (excluding diaryl/α,β-unsaturated/α-hetero) is 1. The summed E-state index contributed by atoms with van der Waals surface area (Å²) in [5.41, 5.74) is 0. The molecule has 2 atom stereocenters. The average molecular weight is 294 g/mol. The maximum absolute atomic E-state index is 11.9. The van der Waals surface area contributed by atoms with E-state index in [4.69, 9.17) is 19.3 Å². The van der Waals surface area contributed by atoms with Gasteiger partial charge in [0.2, 0.25) is 0 Å². The number of ketones is 1. The first-order valence-electron chi connectivity index (χ1n) is 6.76. The smallest absolute Gasteiger partial charge is 0.333 e. The van der Waals surface area contributed by atoms with Gasteiger partial charge in [0.25, 0.3) is 0 Å². The molecule has 7 heteroatoms. The van der Waals surface area contributed by atoms with Gasteiger partial charge in [-0.25, -0.2) is 0 Å². The van der Waals surface area contributed by atoms with Gasteiger partial charge in [0.05, 0.1) is 0 Å². The quantitative estimate of drug-likeness (QED) is 0.663. The highest BCUT2D eigenvalue weighted by Gasteiger charge is 2.29. The van der Waals surface area contributed by atoms with Crippen molar-refractivity contribution >= 4 is 13.4 Å². The number of hydrogen-bond acceptors (Lipinski definition) is 4. The molecule has 0 bridgehead atoms. The van der Waals surface area contributed by atoms with E-state index in [1.165, 1.54) is 0 Å². The van der Waals surface area contributed by atoms with E-state index in [9.17, 15) is 9.36 Å². The van der Waals surface area contributed by atoms with Gasteiger partial charge in [-0.2, -0.15) is 0 Å². The molecule has 1 fully saturated rings. The van der Waals surface area contributed by atoms with E-state index in [0.29, 0.717) is 13.0 Å². The first kappa shape index (κ1) is 16.8. The van der Waals surface area contributed by atoms with Crippen molar-refractivity contribution in [3.8, 4) is 0 Å². The van der Waals surface area contributed by atoms with Gasteiger partial charge in [-0.15, -0.1) is 0 Å². The molecule has 0 aromatic rings. The Bertz CT molecular complexity index is 320. The van der Waals surface area contributed by atoms with Crippen LogP contribution in [0, 0.1) is 0 Å². The van der Waals surface area contributed by atoms with Crippen LogP contribution in [0.4, 0.5) is 0 Å². The molecule has 1 saturated heterocycles. The van der Waals surface area contributed by atoms with Gasteiger partial charge in [-0.1, -0.05) is 19.8 Å². The lowest BCUT2D eigenvalue weighted by Gasteiger charge is -2.27. The number of carbonyl (C=O) groups is 1. The molecule has 1 rings (SSSR count). The Hall–Kier alpha value is -0.260. The number of ether oxygens (including phenoxy) is 2. The second-order valence-electron chi connectivity index (χ2n) is 4.85. The molecule has 0 aromatic carbocycles. The monoisotopic (exact) mass is 294 g/mol. The van der Waals surface area contributed by atoms with Crippen LogP contribution in [-0.2, 0) is 18.8 Å². The molecule has 0 radical (unpaired) electrons. The highest BCUT2D eigenvalue weighted by atomic mass is 31.2. The maximum Gasteiger partial charge on any atom is 0.333 e. The lowest BCUT2D eigenvalue weighted by atomic mass is 10.1. The Balaban J connectivity index is 2.54. The standard InChI is InChI=1S/C12H23O6P/c1-2-3-6-11(10(13)9-19(14,15)16)18-12-7-4-5-8-17-12/h11-12H,2-9H2,1H3,(H2,14,15,16). The summed E-state index contributed by atoms with van der Waals surface area (Å²) in [4.78, 5) is 29.6. The Kier molecular flexibility index (Phi) is 7.18. The summed E-state index contributed by atoms with van der Waals surface area (Å²) >= 11 is 0. The summed E-state index contributed by atoms with van der Waals surface area (Å²) in [5.74, 6) is -0.532. The molecule has 0 aliphatic carbocycles. The minimum absolute atomic E-state index is 0.420. The molecule has 0 amide bonds. The number of carbonyl (C=O) groups excluding carboxylic acids is 1. The second kappa shape index (κ2) is 8.12. The van der Waals surface area contributed by atoms with Crippen LogP contribution in [0.5, 0.6) is 0 Å². The van der Waals surface area contributed by atoms with Crippen molar-refractivity contribution in [2.24, 2.45) is 0 Å². The van der Waals surface area contributed by atoms with Gasteiger partial charge in [-0.3, -0.25) is 9.36 Å². The minimum atomic E-state index is -4.33. The molecule has 6 nitrogen and oxygen atoms in total. The number of rotatable bonds is 8. The summed E-state index contributed by atoms with van der Waals surface area (Å²) in [7, 11) is -4.33. The summed E-state index contributed by atoms with van der Waals surface area (Å²) in [6.45, 7) is 2.60. The Morgan fingerprint density at radius 2 is 2.21 bits per heavy atom. The summed E-state index contributed by atoms with van der Waals surface area (Å²) in [6, 6.07) is 0. The van der Waals surface area contributed by atoms with Crippen LogP contribution in [0.3, 0.4) is 0 Å². The van der Waals surface area contributed by atoms with Crippen molar-refractivity contribution in [3.05, 3.63) is 0 Å². The van der Waals surface area contributed by atoms with E-state index in [1.807, 2.05) is 6.92 Å². The van der Waals surface area contributed by atoms with Crippen LogP contribution in [-0.4, -0.2) is 40.7 Å². The van der Waals surface area contributed by atoms with E-state index in [0.717, 1.165) is 32.1 Å². The molecule has 0 saturated carbocycles. The molecule has 112 valence electrons. The molecular formula is C12H23O6P. The normalized spacial score (nSPS) is 22.2. The van der Waals surface area contributed by atoms with Gasteiger partial charge in [0, 0.05) is 6.61 Å². The van der Waals surface area contributed by atoms with Crippen LogP contribution in [0.1, 0.15) is 45.4 Å². The molecule has 2 unspecified atom stereocenters. The van der Waals surface area contributed by atoms with Crippen LogP contribution in [0.15, 0.2) is 0 Å². The highest BCUT2D eigenvalue weighted by molar-refractivity contribution is 7.52. The van der Waals surface area contributed by atoms with Gasteiger partial charge < -0.3 is 19.3 Å². The van der Waals surface area contributed by atoms with Crippen molar-refractivity contribution in [1.82, 2.24) is 0 Å². The first-order valence-corrected chi connectivity index (χ1v) is 8.56. The third kappa shape index (κ3) is 7.18. The van der Waals surface area contributed by atoms with E-state index in [1.54, 1.807) is 0 Å². The van der Waals surface area contributed by atoms with Gasteiger partial charge in [0.15, 0.2) is 12.1 Å². The highest BCUT2D eigenvalue weighted by Crippen LogP contribution is 2.35. The number of unbranched alkanes of at least 4 members (excludes halogenated alkanes) is 1. The predicted molar refractivity (Wildman–Crippen MR) is 69.9 cm³/mol. The molecule has 0 aromatic heterocycles. The molecule has 2 N–H and O–H groups in total. The fourth-order valence-electron chi connectivity index (χ4n) is 2.00. The molecule has 0 spiro atoms. The van der Waals surface area contributed by atoms with Crippen molar-refractivity contribution in [1.29, 1.82) is 0 Å². The van der Waals surface area contributed by atoms with Gasteiger partial charge >= 0.3 is 7.60 Å². The SMILES string of the molecule is CCCCC(OC1CCCCO1)C(=O)CP(=O)(O)O. The second-order valence-corrected chi connectivity index (χ2v) is 6.50.